The molecule has 0 bridgehead atoms. The molecule has 0 atom stereocenters. The summed E-state index contributed by atoms with van der Waals surface area (Å²) < 4.78 is 2.33. The molecule has 4 nitrogen and oxygen atoms in total. The van der Waals surface area contributed by atoms with Crippen LogP contribution < -0.4 is 0 Å². The van der Waals surface area contributed by atoms with Crippen molar-refractivity contribution in [1.82, 2.24) is 19.5 Å². The Bertz CT molecular complexity index is 2320. The third-order valence-corrected chi connectivity index (χ3v) is 8.16. The Morgan fingerprint density at radius 2 is 1.10 bits per heavy atom. The quantitative estimate of drug-likeness (QED) is 0.232. The van der Waals surface area contributed by atoms with Crippen LogP contribution >= 0.6 is 0 Å². The van der Waals surface area contributed by atoms with Crippen molar-refractivity contribution in [3.8, 4) is 50.8 Å². The van der Waals surface area contributed by atoms with Gasteiger partial charge < -0.3 is 4.57 Å². The molecule has 9 rings (SSSR count). The Morgan fingerprint density at radius 1 is 0.415 bits per heavy atom. The second kappa shape index (κ2) is 8.44. The first-order valence-corrected chi connectivity index (χ1v) is 13.8. The minimum absolute atomic E-state index is 0.641. The molecule has 4 heteroatoms. The molecule has 0 N–H and O–H groups in total. The lowest BCUT2D eigenvalue weighted by atomic mass is 10.0. The molecule has 0 fully saturated rings. The van der Waals surface area contributed by atoms with Gasteiger partial charge in [-0.25, -0.2) is 15.0 Å². The highest BCUT2D eigenvalue weighted by Gasteiger charge is 2.24. The van der Waals surface area contributed by atoms with E-state index in [2.05, 4.69) is 132 Å². The monoisotopic (exact) mass is 522 g/mol. The largest absolute Gasteiger partial charge is 0.309 e. The number of hydrogen-bond acceptors (Lipinski definition) is 3. The molecule has 0 spiro atoms. The lowest BCUT2D eigenvalue weighted by molar-refractivity contribution is 1.18. The first-order chi connectivity index (χ1) is 20.3. The minimum atomic E-state index is 0.641. The highest BCUT2D eigenvalue weighted by atomic mass is 15.0. The number of fused-ring (bicyclic) bond motifs is 6. The second-order valence-corrected chi connectivity index (χ2v) is 10.4. The predicted octanol–water partition coefficient (Wildman–Crippen LogP) is 9.10. The summed E-state index contributed by atoms with van der Waals surface area (Å²) in [7, 11) is 0. The maximum Gasteiger partial charge on any atom is 0.179 e. The molecular formula is C37H22N4. The van der Waals surface area contributed by atoms with E-state index in [4.69, 9.17) is 15.0 Å². The average Bonchev–Trinajstić information content (AvgIpc) is 3.56. The van der Waals surface area contributed by atoms with Gasteiger partial charge in [0, 0.05) is 33.0 Å². The van der Waals surface area contributed by atoms with Gasteiger partial charge in [-0.05, 0) is 53.6 Å². The Kier molecular flexibility index (Phi) is 4.58. The van der Waals surface area contributed by atoms with Gasteiger partial charge in [-0.1, -0.05) is 91.0 Å². The zero-order valence-electron chi connectivity index (χ0n) is 22.0. The van der Waals surface area contributed by atoms with Crippen molar-refractivity contribution in [2.75, 3.05) is 0 Å². The normalized spacial score (nSPS) is 11.9. The van der Waals surface area contributed by atoms with Crippen molar-refractivity contribution in [3.05, 3.63) is 133 Å². The van der Waals surface area contributed by atoms with Crippen molar-refractivity contribution in [2.24, 2.45) is 0 Å². The van der Waals surface area contributed by atoms with Crippen LogP contribution in [0.3, 0.4) is 0 Å². The number of hydrogen-bond donors (Lipinski definition) is 0. The van der Waals surface area contributed by atoms with Gasteiger partial charge >= 0.3 is 0 Å². The fourth-order valence-corrected chi connectivity index (χ4v) is 6.44. The Morgan fingerprint density at radius 3 is 2.02 bits per heavy atom. The Labute approximate surface area is 236 Å². The number of nitrogens with zero attached hydrogens (tertiary/aromatic N) is 4. The van der Waals surface area contributed by atoms with Crippen molar-refractivity contribution < 1.29 is 0 Å². The highest BCUT2D eigenvalue weighted by molar-refractivity contribution is 6.16. The van der Waals surface area contributed by atoms with Gasteiger partial charge in [0.1, 0.15) is 5.69 Å². The molecule has 0 amide bonds. The molecule has 3 aromatic heterocycles. The third kappa shape index (κ3) is 3.19. The molecule has 8 aromatic rings. The summed E-state index contributed by atoms with van der Waals surface area (Å²) in [6, 6.07) is 46.5. The molecule has 0 unspecified atom stereocenters. The molecule has 190 valence electrons. The molecule has 0 radical (unpaired) electrons. The summed E-state index contributed by atoms with van der Waals surface area (Å²) in [5, 5.41) is 3.51. The van der Waals surface area contributed by atoms with E-state index in [-0.39, 0.29) is 0 Å². The molecule has 1 aliphatic carbocycles. The van der Waals surface area contributed by atoms with E-state index in [0.717, 1.165) is 50.3 Å². The maximum absolute atomic E-state index is 5.17. The summed E-state index contributed by atoms with van der Waals surface area (Å²) >= 11 is 0. The second-order valence-electron chi connectivity index (χ2n) is 10.4. The summed E-state index contributed by atoms with van der Waals surface area (Å²) in [6.45, 7) is 0. The van der Waals surface area contributed by atoms with Gasteiger partial charge in [0.15, 0.2) is 5.82 Å². The zero-order valence-corrected chi connectivity index (χ0v) is 22.0. The summed E-state index contributed by atoms with van der Waals surface area (Å²) in [6.07, 6.45) is 0. The van der Waals surface area contributed by atoms with Crippen LogP contribution in [0.15, 0.2) is 133 Å². The fourth-order valence-electron chi connectivity index (χ4n) is 6.44. The van der Waals surface area contributed by atoms with E-state index >= 15 is 0 Å². The number of aromatic nitrogens is 4. The molecule has 41 heavy (non-hydrogen) atoms. The fraction of sp³-hybridized carbons (Fsp3) is 0. The van der Waals surface area contributed by atoms with E-state index in [1.807, 2.05) is 6.07 Å². The van der Waals surface area contributed by atoms with E-state index in [0.29, 0.717) is 5.82 Å². The van der Waals surface area contributed by atoms with Crippen LogP contribution in [-0.4, -0.2) is 19.5 Å². The van der Waals surface area contributed by atoms with Gasteiger partial charge in [-0.3, -0.25) is 0 Å². The molecule has 3 heterocycles. The minimum Gasteiger partial charge on any atom is -0.309 e. The van der Waals surface area contributed by atoms with Crippen LogP contribution in [-0.2, 0) is 0 Å². The van der Waals surface area contributed by atoms with Crippen LogP contribution in [0.5, 0.6) is 0 Å². The Hall–Kier alpha value is -5.61. The van der Waals surface area contributed by atoms with Crippen LogP contribution in [0.25, 0.3) is 83.6 Å². The van der Waals surface area contributed by atoms with Crippen molar-refractivity contribution in [2.45, 2.75) is 0 Å². The van der Waals surface area contributed by atoms with Crippen LogP contribution in [0.1, 0.15) is 0 Å². The SMILES string of the molecule is c1ccc(-n2c3ccccc3c3c(-c4cccc(-c5nc6c7c(cccc7n5)-c5ccccc5-6)n4)cccc32)cc1. The van der Waals surface area contributed by atoms with Crippen molar-refractivity contribution in [1.29, 1.82) is 0 Å². The molecule has 0 saturated heterocycles. The summed E-state index contributed by atoms with van der Waals surface area (Å²) in [4.78, 5) is 15.3. The molecule has 0 saturated carbocycles. The van der Waals surface area contributed by atoms with Gasteiger partial charge in [-0.2, -0.15) is 0 Å². The first kappa shape index (κ1) is 22.2. The molecular weight excluding hydrogens is 500 g/mol. The number of rotatable bonds is 3. The first-order valence-electron chi connectivity index (χ1n) is 13.8. The van der Waals surface area contributed by atoms with Gasteiger partial charge in [0.2, 0.25) is 0 Å². The molecule has 5 aromatic carbocycles. The van der Waals surface area contributed by atoms with Crippen LogP contribution in [0, 0.1) is 0 Å². The van der Waals surface area contributed by atoms with Gasteiger partial charge in [0.25, 0.3) is 0 Å². The lowest BCUT2D eigenvalue weighted by Crippen LogP contribution is -1.96. The van der Waals surface area contributed by atoms with Crippen molar-refractivity contribution in [3.63, 3.8) is 0 Å². The van der Waals surface area contributed by atoms with E-state index in [1.165, 1.54) is 27.4 Å². The smallest absolute Gasteiger partial charge is 0.179 e. The molecule has 0 aliphatic heterocycles. The maximum atomic E-state index is 5.17. The van der Waals surface area contributed by atoms with E-state index in [9.17, 15) is 0 Å². The third-order valence-electron chi connectivity index (χ3n) is 8.16. The number of para-hydroxylation sites is 2. The highest BCUT2D eigenvalue weighted by Crippen LogP contribution is 2.46. The van der Waals surface area contributed by atoms with E-state index in [1.54, 1.807) is 0 Å². The molecule has 1 aliphatic rings. The Balaban J connectivity index is 1.26. The van der Waals surface area contributed by atoms with Gasteiger partial charge in [-0.15, -0.1) is 0 Å². The standard InChI is InChI=1S/C37H22N4/c1-2-11-23(12-3-1)41-32-21-7-6-15-28(32)34-27(17-9-22-33(34)41)29-18-10-20-31(38-29)37-39-30-19-8-16-25-24-13-4-5-14-26(24)36(40-37)35(25)30/h1-22H. The summed E-state index contributed by atoms with van der Waals surface area (Å²) in [5.74, 6) is 0.641. The van der Waals surface area contributed by atoms with Crippen LogP contribution in [0.2, 0.25) is 0 Å². The topological polar surface area (TPSA) is 43.6 Å². The van der Waals surface area contributed by atoms with E-state index < -0.39 is 0 Å². The average molecular weight is 523 g/mol. The lowest BCUT2D eigenvalue weighted by Gasteiger charge is -2.09. The predicted molar refractivity (Wildman–Crippen MR) is 167 cm³/mol. The van der Waals surface area contributed by atoms with Gasteiger partial charge in [0.05, 0.1) is 27.9 Å². The number of pyridine rings is 1. The zero-order chi connectivity index (χ0) is 26.9. The number of benzene rings is 5. The summed E-state index contributed by atoms with van der Waals surface area (Å²) in [5.41, 5.74) is 11.7. The van der Waals surface area contributed by atoms with Crippen LogP contribution in [0.4, 0.5) is 0 Å². The van der Waals surface area contributed by atoms with Crippen molar-refractivity contribution >= 4 is 32.7 Å².